The van der Waals surface area contributed by atoms with Crippen molar-refractivity contribution in [3.05, 3.63) is 60.2 Å². The van der Waals surface area contributed by atoms with Crippen LogP contribution < -0.4 is 9.64 Å². The highest BCUT2D eigenvalue weighted by Crippen LogP contribution is 2.30. The molecule has 0 fully saturated rings. The minimum atomic E-state index is -0.296. The van der Waals surface area contributed by atoms with Crippen LogP contribution in [0.25, 0.3) is 0 Å². The molecule has 1 amide bonds. The highest BCUT2D eigenvalue weighted by Gasteiger charge is 2.31. The summed E-state index contributed by atoms with van der Waals surface area (Å²) in [6.07, 6.45) is -0.296. The van der Waals surface area contributed by atoms with E-state index in [1.807, 2.05) is 55.5 Å². The van der Waals surface area contributed by atoms with Crippen LogP contribution in [0.1, 0.15) is 17.3 Å². The summed E-state index contributed by atoms with van der Waals surface area (Å²) in [4.78, 5) is 14.1. The van der Waals surface area contributed by atoms with Crippen LogP contribution >= 0.6 is 0 Å². The van der Waals surface area contributed by atoms with Crippen LogP contribution in [0.3, 0.4) is 0 Å². The topological polar surface area (TPSA) is 29.5 Å². The van der Waals surface area contributed by atoms with Crippen molar-refractivity contribution in [1.82, 2.24) is 0 Å². The minimum absolute atomic E-state index is 0.0180. The molecule has 1 aliphatic rings. The lowest BCUT2D eigenvalue weighted by Crippen LogP contribution is -2.45. The van der Waals surface area contributed by atoms with Crippen molar-refractivity contribution in [3.8, 4) is 5.75 Å². The van der Waals surface area contributed by atoms with E-state index in [1.54, 1.807) is 11.0 Å². The smallest absolute Gasteiger partial charge is 0.264 e. The van der Waals surface area contributed by atoms with Gasteiger partial charge < -0.3 is 4.74 Å². The van der Waals surface area contributed by atoms with Gasteiger partial charge in [0.15, 0.2) is 6.23 Å². The zero-order chi connectivity index (χ0) is 12.5. The fourth-order valence-corrected chi connectivity index (χ4v) is 2.19. The van der Waals surface area contributed by atoms with Crippen LogP contribution in [-0.4, -0.2) is 12.1 Å². The van der Waals surface area contributed by atoms with E-state index < -0.39 is 0 Å². The number of fused-ring (bicyclic) bond motifs is 1. The van der Waals surface area contributed by atoms with Gasteiger partial charge in [0.1, 0.15) is 5.75 Å². The van der Waals surface area contributed by atoms with Gasteiger partial charge >= 0.3 is 0 Å². The van der Waals surface area contributed by atoms with Crippen LogP contribution in [0.15, 0.2) is 54.6 Å². The number of rotatable bonds is 1. The predicted molar refractivity (Wildman–Crippen MR) is 69.8 cm³/mol. The average Bonchev–Trinajstić information content (AvgIpc) is 2.40. The van der Waals surface area contributed by atoms with Crippen molar-refractivity contribution in [2.75, 3.05) is 4.90 Å². The third-order valence-corrected chi connectivity index (χ3v) is 3.03. The molecule has 3 heteroatoms. The van der Waals surface area contributed by atoms with Crippen molar-refractivity contribution in [2.45, 2.75) is 13.2 Å². The number of carbonyl (C=O) groups excluding carboxylic acids is 1. The SMILES string of the molecule is C[C@@H]1Oc2ccccc2C(=O)N1c1ccccc1. The highest BCUT2D eigenvalue weighted by molar-refractivity contribution is 6.09. The lowest BCUT2D eigenvalue weighted by Gasteiger charge is -2.34. The Balaban J connectivity index is 2.06. The molecule has 3 nitrogen and oxygen atoms in total. The van der Waals surface area contributed by atoms with E-state index >= 15 is 0 Å². The summed E-state index contributed by atoms with van der Waals surface area (Å²) >= 11 is 0. The highest BCUT2D eigenvalue weighted by atomic mass is 16.5. The fourth-order valence-electron chi connectivity index (χ4n) is 2.19. The van der Waals surface area contributed by atoms with Gasteiger partial charge in [-0.1, -0.05) is 30.3 Å². The zero-order valence-corrected chi connectivity index (χ0v) is 10.0. The molecule has 1 heterocycles. The van der Waals surface area contributed by atoms with Gasteiger partial charge in [-0.2, -0.15) is 0 Å². The molecule has 0 saturated heterocycles. The zero-order valence-electron chi connectivity index (χ0n) is 10.0. The Morgan fingerprint density at radius 2 is 1.67 bits per heavy atom. The fraction of sp³-hybridized carbons (Fsp3) is 0.133. The third-order valence-electron chi connectivity index (χ3n) is 3.03. The Kier molecular flexibility index (Phi) is 2.52. The van der Waals surface area contributed by atoms with Crippen LogP contribution in [0, 0.1) is 0 Å². The average molecular weight is 239 g/mol. The summed E-state index contributed by atoms with van der Waals surface area (Å²) in [6, 6.07) is 16.9. The summed E-state index contributed by atoms with van der Waals surface area (Å²) in [6.45, 7) is 1.88. The molecule has 0 unspecified atom stereocenters. The Bertz CT molecular complexity index is 580. The first-order valence-electron chi connectivity index (χ1n) is 5.91. The van der Waals surface area contributed by atoms with Crippen molar-refractivity contribution in [1.29, 1.82) is 0 Å². The molecule has 3 rings (SSSR count). The summed E-state index contributed by atoms with van der Waals surface area (Å²) in [5.74, 6) is 0.637. The number of hydrogen-bond acceptors (Lipinski definition) is 2. The van der Waals surface area contributed by atoms with Crippen molar-refractivity contribution < 1.29 is 9.53 Å². The Labute approximate surface area is 106 Å². The second-order valence-corrected chi connectivity index (χ2v) is 4.22. The number of hydrogen-bond donors (Lipinski definition) is 0. The maximum atomic E-state index is 12.5. The van der Waals surface area contributed by atoms with Crippen LogP contribution in [0.5, 0.6) is 5.75 Å². The predicted octanol–water partition coefficient (Wildman–Crippen LogP) is 3.07. The number of benzene rings is 2. The molecule has 1 aliphatic heterocycles. The van der Waals surface area contributed by atoms with Gasteiger partial charge in [-0.25, -0.2) is 0 Å². The third kappa shape index (κ3) is 1.64. The standard InChI is InChI=1S/C15H13NO2/c1-11-16(12-7-3-2-4-8-12)15(17)13-9-5-6-10-14(13)18-11/h2-11H,1H3/t11-/m0/s1. The van der Waals surface area contributed by atoms with E-state index in [9.17, 15) is 4.79 Å². The monoisotopic (exact) mass is 239 g/mol. The van der Waals surface area contributed by atoms with Gasteiger partial charge in [-0.05, 0) is 31.2 Å². The first-order chi connectivity index (χ1) is 8.77. The molecule has 0 spiro atoms. The summed E-state index contributed by atoms with van der Waals surface area (Å²) in [7, 11) is 0. The number of para-hydroxylation sites is 2. The Morgan fingerprint density at radius 3 is 2.44 bits per heavy atom. The number of ether oxygens (including phenoxy) is 1. The molecule has 1 atom stereocenters. The molecular weight excluding hydrogens is 226 g/mol. The molecule has 0 bridgehead atoms. The largest absolute Gasteiger partial charge is 0.470 e. The van der Waals surface area contributed by atoms with E-state index in [2.05, 4.69) is 0 Å². The molecule has 0 aliphatic carbocycles. The molecule has 18 heavy (non-hydrogen) atoms. The van der Waals surface area contributed by atoms with E-state index in [-0.39, 0.29) is 12.1 Å². The van der Waals surface area contributed by atoms with E-state index in [4.69, 9.17) is 4.74 Å². The molecule has 0 N–H and O–H groups in total. The Hall–Kier alpha value is -2.29. The van der Waals surface area contributed by atoms with Crippen LogP contribution in [-0.2, 0) is 0 Å². The maximum absolute atomic E-state index is 12.5. The van der Waals surface area contributed by atoms with Gasteiger partial charge in [-0.15, -0.1) is 0 Å². The molecule has 0 saturated carbocycles. The van der Waals surface area contributed by atoms with Crippen LogP contribution in [0.4, 0.5) is 5.69 Å². The second kappa shape index (κ2) is 4.18. The first-order valence-corrected chi connectivity index (χ1v) is 5.91. The number of nitrogens with zero attached hydrogens (tertiary/aromatic N) is 1. The molecular formula is C15H13NO2. The van der Waals surface area contributed by atoms with Gasteiger partial charge in [0, 0.05) is 5.69 Å². The van der Waals surface area contributed by atoms with Crippen LogP contribution in [0.2, 0.25) is 0 Å². The maximum Gasteiger partial charge on any atom is 0.264 e. The number of amides is 1. The number of anilines is 1. The van der Waals surface area contributed by atoms with Crippen molar-refractivity contribution in [2.24, 2.45) is 0 Å². The van der Waals surface area contributed by atoms with Gasteiger partial charge in [0.2, 0.25) is 0 Å². The molecule has 0 radical (unpaired) electrons. The van der Waals surface area contributed by atoms with Crippen molar-refractivity contribution >= 4 is 11.6 Å². The van der Waals surface area contributed by atoms with E-state index in [1.165, 1.54) is 0 Å². The van der Waals surface area contributed by atoms with Gasteiger partial charge in [-0.3, -0.25) is 9.69 Å². The van der Waals surface area contributed by atoms with Gasteiger partial charge in [0.25, 0.3) is 5.91 Å². The minimum Gasteiger partial charge on any atom is -0.470 e. The van der Waals surface area contributed by atoms with E-state index in [0.717, 1.165) is 5.69 Å². The molecule has 0 aromatic heterocycles. The first kappa shape index (κ1) is 10.8. The summed E-state index contributed by atoms with van der Waals surface area (Å²) < 4.78 is 5.77. The molecule has 90 valence electrons. The Morgan fingerprint density at radius 1 is 1.00 bits per heavy atom. The number of carbonyl (C=O) groups is 1. The molecule has 2 aromatic carbocycles. The lowest BCUT2D eigenvalue weighted by molar-refractivity contribution is 0.0877. The summed E-state index contributed by atoms with van der Waals surface area (Å²) in [5.41, 5.74) is 1.46. The van der Waals surface area contributed by atoms with Gasteiger partial charge in [0.05, 0.1) is 5.56 Å². The summed E-state index contributed by atoms with van der Waals surface area (Å²) in [5, 5.41) is 0. The quantitative estimate of drug-likeness (QED) is 0.765. The second-order valence-electron chi connectivity index (χ2n) is 4.22. The van der Waals surface area contributed by atoms with Crippen molar-refractivity contribution in [3.63, 3.8) is 0 Å². The molecule has 2 aromatic rings. The normalized spacial score (nSPS) is 18.2. The van der Waals surface area contributed by atoms with E-state index in [0.29, 0.717) is 11.3 Å². The lowest BCUT2D eigenvalue weighted by atomic mass is 10.1.